The zero-order valence-electron chi connectivity index (χ0n) is 14.5. The summed E-state index contributed by atoms with van der Waals surface area (Å²) >= 11 is 0. The number of imidazole rings is 1. The maximum Gasteiger partial charge on any atom is 0.124 e. The van der Waals surface area contributed by atoms with Gasteiger partial charge in [-0.15, -0.1) is 0 Å². The molecule has 0 saturated carbocycles. The van der Waals surface area contributed by atoms with Crippen LogP contribution >= 0.6 is 0 Å². The van der Waals surface area contributed by atoms with Crippen molar-refractivity contribution in [1.82, 2.24) is 14.5 Å². The van der Waals surface area contributed by atoms with Gasteiger partial charge in [0.1, 0.15) is 5.75 Å². The molecule has 1 saturated heterocycles. The lowest BCUT2D eigenvalue weighted by Crippen LogP contribution is -2.36. The number of aromatic nitrogens is 2. The van der Waals surface area contributed by atoms with Crippen molar-refractivity contribution in [2.75, 3.05) is 39.5 Å². The second-order valence-corrected chi connectivity index (χ2v) is 6.17. The summed E-state index contributed by atoms with van der Waals surface area (Å²) in [6.07, 6.45) is 7.92. The molecule has 1 aromatic heterocycles. The smallest absolute Gasteiger partial charge is 0.124 e. The first-order valence-electron chi connectivity index (χ1n) is 8.85. The molecule has 1 fully saturated rings. The van der Waals surface area contributed by atoms with Crippen LogP contribution in [0.1, 0.15) is 24.5 Å². The highest BCUT2D eigenvalue weighted by Crippen LogP contribution is 2.22. The SMILES string of the molecule is CCOc1ccc(CCCN2CCOCC2)cc1Cn1ccnc1. The Labute approximate surface area is 144 Å². The Balaban J connectivity index is 1.60. The Kier molecular flexibility index (Phi) is 6.26. The van der Waals surface area contributed by atoms with Gasteiger partial charge < -0.3 is 14.0 Å². The third-order valence-electron chi connectivity index (χ3n) is 4.38. The van der Waals surface area contributed by atoms with E-state index in [9.17, 15) is 0 Å². The molecular formula is C19H27N3O2. The zero-order valence-corrected chi connectivity index (χ0v) is 14.5. The molecule has 0 N–H and O–H groups in total. The second kappa shape index (κ2) is 8.85. The average Bonchev–Trinajstić information content (AvgIpc) is 3.11. The van der Waals surface area contributed by atoms with Crippen LogP contribution < -0.4 is 4.74 Å². The number of hydrogen-bond donors (Lipinski definition) is 0. The van der Waals surface area contributed by atoms with Gasteiger partial charge >= 0.3 is 0 Å². The van der Waals surface area contributed by atoms with Gasteiger partial charge in [0.15, 0.2) is 0 Å². The van der Waals surface area contributed by atoms with E-state index >= 15 is 0 Å². The molecule has 0 amide bonds. The molecular weight excluding hydrogens is 302 g/mol. The number of benzene rings is 1. The number of rotatable bonds is 8. The first kappa shape index (κ1) is 17.0. The summed E-state index contributed by atoms with van der Waals surface area (Å²) in [6.45, 7) is 8.53. The number of morpholine rings is 1. The maximum atomic E-state index is 5.78. The van der Waals surface area contributed by atoms with Gasteiger partial charge in [-0.2, -0.15) is 0 Å². The summed E-state index contributed by atoms with van der Waals surface area (Å²) in [5, 5.41) is 0. The summed E-state index contributed by atoms with van der Waals surface area (Å²) in [5.74, 6) is 0.975. The first-order valence-corrected chi connectivity index (χ1v) is 8.85. The summed E-state index contributed by atoms with van der Waals surface area (Å²) in [7, 11) is 0. The molecule has 0 atom stereocenters. The minimum absolute atomic E-state index is 0.688. The van der Waals surface area contributed by atoms with Crippen molar-refractivity contribution >= 4 is 0 Å². The molecule has 2 aromatic rings. The molecule has 0 bridgehead atoms. The quantitative estimate of drug-likeness (QED) is 0.746. The van der Waals surface area contributed by atoms with Crippen LogP contribution in [0.4, 0.5) is 0 Å². The van der Waals surface area contributed by atoms with Crippen LogP contribution in [0.5, 0.6) is 5.75 Å². The van der Waals surface area contributed by atoms with Gasteiger partial charge in [-0.1, -0.05) is 12.1 Å². The molecule has 0 spiro atoms. The molecule has 3 rings (SSSR count). The van der Waals surface area contributed by atoms with E-state index in [1.54, 1.807) is 0 Å². The van der Waals surface area contributed by atoms with Crippen LogP contribution in [0.3, 0.4) is 0 Å². The van der Waals surface area contributed by atoms with E-state index < -0.39 is 0 Å². The summed E-state index contributed by atoms with van der Waals surface area (Å²) in [6, 6.07) is 6.59. The number of nitrogens with zero attached hydrogens (tertiary/aromatic N) is 3. The van der Waals surface area contributed by atoms with Crippen LogP contribution in [0.25, 0.3) is 0 Å². The predicted molar refractivity (Wildman–Crippen MR) is 94.5 cm³/mol. The van der Waals surface area contributed by atoms with Crippen molar-refractivity contribution in [3.63, 3.8) is 0 Å². The molecule has 5 heteroatoms. The van der Waals surface area contributed by atoms with Crippen LogP contribution in [-0.2, 0) is 17.7 Å². The molecule has 0 unspecified atom stereocenters. The van der Waals surface area contributed by atoms with Gasteiger partial charge in [0.25, 0.3) is 0 Å². The van der Waals surface area contributed by atoms with E-state index in [4.69, 9.17) is 9.47 Å². The molecule has 5 nitrogen and oxygen atoms in total. The van der Waals surface area contributed by atoms with Gasteiger partial charge in [-0.05, 0) is 37.9 Å². The van der Waals surface area contributed by atoms with Crippen LogP contribution in [0.15, 0.2) is 36.9 Å². The van der Waals surface area contributed by atoms with Gasteiger partial charge in [0, 0.05) is 31.0 Å². The topological polar surface area (TPSA) is 39.5 Å². The Hall–Kier alpha value is -1.85. The van der Waals surface area contributed by atoms with E-state index in [0.29, 0.717) is 6.61 Å². The number of ether oxygens (including phenoxy) is 2. The predicted octanol–water partition coefficient (Wildman–Crippen LogP) is 2.59. The van der Waals surface area contributed by atoms with E-state index in [-0.39, 0.29) is 0 Å². The second-order valence-electron chi connectivity index (χ2n) is 6.17. The van der Waals surface area contributed by atoms with E-state index in [1.807, 2.05) is 25.6 Å². The lowest BCUT2D eigenvalue weighted by Gasteiger charge is -2.26. The maximum absolute atomic E-state index is 5.78. The Bertz CT molecular complexity index is 607. The van der Waals surface area contributed by atoms with Crippen molar-refractivity contribution in [3.05, 3.63) is 48.0 Å². The van der Waals surface area contributed by atoms with E-state index in [1.165, 1.54) is 17.5 Å². The van der Waals surface area contributed by atoms with Crippen molar-refractivity contribution in [3.8, 4) is 5.75 Å². The Morgan fingerprint density at radius 2 is 2.12 bits per heavy atom. The third kappa shape index (κ3) is 4.82. The zero-order chi connectivity index (χ0) is 16.6. The monoisotopic (exact) mass is 329 g/mol. The van der Waals surface area contributed by atoms with Crippen LogP contribution in [0, 0.1) is 0 Å². The lowest BCUT2D eigenvalue weighted by atomic mass is 10.0. The van der Waals surface area contributed by atoms with E-state index in [2.05, 4.69) is 32.7 Å². The number of hydrogen-bond acceptors (Lipinski definition) is 4. The molecule has 1 aliphatic heterocycles. The van der Waals surface area contributed by atoms with Crippen molar-refractivity contribution in [2.45, 2.75) is 26.3 Å². The normalized spacial score (nSPS) is 15.5. The lowest BCUT2D eigenvalue weighted by molar-refractivity contribution is 0.0374. The van der Waals surface area contributed by atoms with E-state index in [0.717, 1.165) is 51.6 Å². The largest absolute Gasteiger partial charge is 0.494 e. The Morgan fingerprint density at radius 1 is 1.25 bits per heavy atom. The van der Waals surface area contributed by atoms with Gasteiger partial charge in [0.05, 0.1) is 32.7 Å². The van der Waals surface area contributed by atoms with Crippen LogP contribution in [0.2, 0.25) is 0 Å². The fourth-order valence-corrected chi connectivity index (χ4v) is 3.12. The minimum atomic E-state index is 0.688. The minimum Gasteiger partial charge on any atom is -0.494 e. The van der Waals surface area contributed by atoms with Gasteiger partial charge in [0.2, 0.25) is 0 Å². The standard InChI is InChI=1S/C19H27N3O2/c1-2-24-19-6-5-17(4-3-8-21-10-12-23-13-11-21)14-18(19)15-22-9-7-20-16-22/h5-7,9,14,16H,2-4,8,10-13,15H2,1H3. The highest BCUT2D eigenvalue weighted by molar-refractivity contribution is 5.37. The third-order valence-corrected chi connectivity index (χ3v) is 4.38. The number of aryl methyl sites for hydroxylation is 1. The fourth-order valence-electron chi connectivity index (χ4n) is 3.12. The molecule has 0 aliphatic carbocycles. The molecule has 24 heavy (non-hydrogen) atoms. The van der Waals surface area contributed by atoms with Gasteiger partial charge in [-0.3, -0.25) is 4.90 Å². The fraction of sp³-hybridized carbons (Fsp3) is 0.526. The molecule has 1 aliphatic rings. The highest BCUT2D eigenvalue weighted by atomic mass is 16.5. The summed E-state index contributed by atoms with van der Waals surface area (Å²) in [5.41, 5.74) is 2.60. The molecule has 2 heterocycles. The molecule has 130 valence electrons. The highest BCUT2D eigenvalue weighted by Gasteiger charge is 2.10. The molecule has 1 aromatic carbocycles. The van der Waals surface area contributed by atoms with Gasteiger partial charge in [-0.25, -0.2) is 4.98 Å². The van der Waals surface area contributed by atoms with Crippen LogP contribution in [-0.4, -0.2) is 53.9 Å². The van der Waals surface area contributed by atoms with Crippen molar-refractivity contribution < 1.29 is 9.47 Å². The summed E-state index contributed by atoms with van der Waals surface area (Å²) in [4.78, 5) is 6.61. The summed E-state index contributed by atoms with van der Waals surface area (Å²) < 4.78 is 13.3. The average molecular weight is 329 g/mol. The van der Waals surface area contributed by atoms with Crippen molar-refractivity contribution in [1.29, 1.82) is 0 Å². The molecule has 0 radical (unpaired) electrons. The first-order chi connectivity index (χ1) is 11.8. The van der Waals surface area contributed by atoms with Crippen molar-refractivity contribution in [2.24, 2.45) is 0 Å². The Morgan fingerprint density at radius 3 is 2.88 bits per heavy atom.